The summed E-state index contributed by atoms with van der Waals surface area (Å²) in [5.41, 5.74) is 0.825. The standard InChI is InChI=1S/C11H15NO5S/c1-3-17-11(14)7-18(15,16)12-9-5-4-8(2)6-10(9)13/h4-6,12-13H,3,7H2,1-2H3. The number of rotatable bonds is 5. The van der Waals surface area contributed by atoms with E-state index in [4.69, 9.17) is 0 Å². The maximum atomic E-state index is 11.6. The molecule has 0 bridgehead atoms. The molecule has 0 aliphatic rings. The highest BCUT2D eigenvalue weighted by atomic mass is 32.2. The summed E-state index contributed by atoms with van der Waals surface area (Å²) in [5.74, 6) is -1.81. The van der Waals surface area contributed by atoms with Crippen LogP contribution in [0.25, 0.3) is 0 Å². The SMILES string of the molecule is CCOC(=O)CS(=O)(=O)Nc1ccc(C)cc1O. The van der Waals surface area contributed by atoms with Crippen LogP contribution >= 0.6 is 0 Å². The largest absolute Gasteiger partial charge is 0.506 e. The Morgan fingerprint density at radius 2 is 2.11 bits per heavy atom. The molecule has 0 aliphatic carbocycles. The van der Waals surface area contributed by atoms with Crippen molar-refractivity contribution in [2.75, 3.05) is 17.1 Å². The fourth-order valence-corrected chi connectivity index (χ4v) is 2.26. The number of anilines is 1. The smallest absolute Gasteiger partial charge is 0.323 e. The first-order valence-electron chi connectivity index (χ1n) is 5.30. The van der Waals surface area contributed by atoms with Gasteiger partial charge >= 0.3 is 5.97 Å². The first-order chi connectivity index (χ1) is 8.34. The summed E-state index contributed by atoms with van der Waals surface area (Å²) in [5, 5.41) is 9.55. The van der Waals surface area contributed by atoms with E-state index < -0.39 is 21.7 Å². The number of phenols is 1. The number of carbonyl (C=O) groups is 1. The Labute approximate surface area is 106 Å². The summed E-state index contributed by atoms with van der Waals surface area (Å²) < 4.78 is 29.9. The van der Waals surface area contributed by atoms with Gasteiger partial charge in [-0.15, -0.1) is 0 Å². The van der Waals surface area contributed by atoms with Crippen molar-refractivity contribution in [2.24, 2.45) is 0 Å². The van der Waals surface area contributed by atoms with Gasteiger partial charge in [0.25, 0.3) is 0 Å². The van der Waals surface area contributed by atoms with Gasteiger partial charge in [-0.25, -0.2) is 8.42 Å². The molecule has 1 rings (SSSR count). The van der Waals surface area contributed by atoms with Crippen molar-refractivity contribution in [1.29, 1.82) is 0 Å². The minimum Gasteiger partial charge on any atom is -0.506 e. The third-order valence-corrected chi connectivity index (χ3v) is 3.18. The van der Waals surface area contributed by atoms with Gasteiger partial charge in [0.1, 0.15) is 5.75 Å². The van der Waals surface area contributed by atoms with Crippen LogP contribution in [-0.4, -0.2) is 31.9 Å². The van der Waals surface area contributed by atoms with Crippen LogP contribution in [0.4, 0.5) is 5.69 Å². The maximum Gasteiger partial charge on any atom is 0.323 e. The highest BCUT2D eigenvalue weighted by molar-refractivity contribution is 7.93. The number of ether oxygens (including phenoxy) is 1. The minimum atomic E-state index is -3.88. The maximum absolute atomic E-state index is 11.6. The van der Waals surface area contributed by atoms with Gasteiger partial charge in [-0.2, -0.15) is 0 Å². The lowest BCUT2D eigenvalue weighted by atomic mass is 10.2. The quantitative estimate of drug-likeness (QED) is 0.617. The lowest BCUT2D eigenvalue weighted by molar-refractivity contribution is -0.139. The van der Waals surface area contributed by atoms with E-state index in [0.29, 0.717) is 0 Å². The van der Waals surface area contributed by atoms with Crippen molar-refractivity contribution < 1.29 is 23.1 Å². The van der Waals surface area contributed by atoms with Crippen molar-refractivity contribution in [3.8, 4) is 5.75 Å². The first kappa shape index (κ1) is 14.3. The van der Waals surface area contributed by atoms with Crippen molar-refractivity contribution in [3.05, 3.63) is 23.8 Å². The van der Waals surface area contributed by atoms with E-state index in [1.807, 2.05) is 0 Å². The van der Waals surface area contributed by atoms with E-state index in [1.165, 1.54) is 12.1 Å². The summed E-state index contributed by atoms with van der Waals surface area (Å²) >= 11 is 0. The Kier molecular flexibility index (Phi) is 4.55. The predicted octanol–water partition coefficient (Wildman–Crippen LogP) is 1.01. The number of aromatic hydroxyl groups is 1. The molecular formula is C11H15NO5S. The van der Waals surface area contributed by atoms with Crippen LogP contribution in [0.2, 0.25) is 0 Å². The normalized spacial score (nSPS) is 11.0. The number of aryl methyl sites for hydroxylation is 1. The zero-order valence-electron chi connectivity index (χ0n) is 10.1. The number of nitrogens with one attached hydrogen (secondary N) is 1. The van der Waals surface area contributed by atoms with Gasteiger partial charge < -0.3 is 9.84 Å². The number of carbonyl (C=O) groups excluding carboxylic acids is 1. The van der Waals surface area contributed by atoms with Crippen LogP contribution in [0.5, 0.6) is 5.75 Å². The van der Waals surface area contributed by atoms with Crippen LogP contribution in [0.15, 0.2) is 18.2 Å². The number of sulfonamides is 1. The summed E-state index contributed by atoms with van der Waals surface area (Å²) in [6.07, 6.45) is 0. The van der Waals surface area contributed by atoms with Gasteiger partial charge in [-0.05, 0) is 31.5 Å². The number of benzene rings is 1. The summed E-state index contributed by atoms with van der Waals surface area (Å²) in [6, 6.07) is 4.48. The Balaban J connectivity index is 2.79. The van der Waals surface area contributed by atoms with Crippen LogP contribution in [-0.2, 0) is 19.6 Å². The minimum absolute atomic E-state index is 0.0323. The summed E-state index contributed by atoms with van der Waals surface area (Å²) in [4.78, 5) is 11.1. The Morgan fingerprint density at radius 3 is 2.67 bits per heavy atom. The molecule has 7 heteroatoms. The molecule has 0 heterocycles. The van der Waals surface area contributed by atoms with Gasteiger partial charge in [0.15, 0.2) is 5.75 Å². The molecule has 6 nitrogen and oxygen atoms in total. The van der Waals surface area contributed by atoms with Gasteiger partial charge in [-0.1, -0.05) is 6.07 Å². The number of esters is 1. The van der Waals surface area contributed by atoms with E-state index in [-0.39, 0.29) is 18.0 Å². The monoisotopic (exact) mass is 273 g/mol. The van der Waals surface area contributed by atoms with Crippen molar-refractivity contribution >= 4 is 21.7 Å². The number of phenolic OH excluding ortho intramolecular Hbond substituents is 1. The molecule has 18 heavy (non-hydrogen) atoms. The molecule has 0 aromatic heterocycles. The Bertz CT molecular complexity index is 538. The molecule has 1 aromatic carbocycles. The highest BCUT2D eigenvalue weighted by Crippen LogP contribution is 2.24. The zero-order chi connectivity index (χ0) is 13.8. The van der Waals surface area contributed by atoms with Crippen LogP contribution in [0.1, 0.15) is 12.5 Å². The van der Waals surface area contributed by atoms with Crippen LogP contribution in [0.3, 0.4) is 0 Å². The highest BCUT2D eigenvalue weighted by Gasteiger charge is 2.18. The average molecular weight is 273 g/mol. The summed E-state index contributed by atoms with van der Waals surface area (Å²) in [6.45, 7) is 3.46. The van der Waals surface area contributed by atoms with E-state index in [0.717, 1.165) is 5.56 Å². The summed E-state index contributed by atoms with van der Waals surface area (Å²) in [7, 11) is -3.88. The van der Waals surface area contributed by atoms with E-state index in [9.17, 15) is 18.3 Å². The zero-order valence-corrected chi connectivity index (χ0v) is 11.0. The van der Waals surface area contributed by atoms with Crippen LogP contribution in [0, 0.1) is 6.92 Å². The first-order valence-corrected chi connectivity index (χ1v) is 6.95. The van der Waals surface area contributed by atoms with Gasteiger partial charge in [0.2, 0.25) is 10.0 Å². The molecule has 0 saturated carbocycles. The van der Waals surface area contributed by atoms with Crippen LogP contribution < -0.4 is 4.72 Å². The molecular weight excluding hydrogens is 258 g/mol. The third kappa shape index (κ3) is 4.25. The Morgan fingerprint density at radius 1 is 1.44 bits per heavy atom. The van der Waals surface area contributed by atoms with Gasteiger partial charge in [0.05, 0.1) is 12.3 Å². The van der Waals surface area contributed by atoms with E-state index in [1.54, 1.807) is 19.9 Å². The molecule has 0 spiro atoms. The van der Waals surface area contributed by atoms with Gasteiger partial charge in [0, 0.05) is 0 Å². The second-order valence-corrected chi connectivity index (χ2v) is 5.41. The topological polar surface area (TPSA) is 92.7 Å². The molecule has 0 fully saturated rings. The van der Waals surface area contributed by atoms with E-state index >= 15 is 0 Å². The molecule has 1 aromatic rings. The number of hydrogen-bond donors (Lipinski definition) is 2. The second kappa shape index (κ2) is 5.72. The molecule has 2 N–H and O–H groups in total. The van der Waals surface area contributed by atoms with E-state index in [2.05, 4.69) is 9.46 Å². The Hall–Kier alpha value is -1.76. The third-order valence-electron chi connectivity index (χ3n) is 2.03. The molecule has 0 saturated heterocycles. The van der Waals surface area contributed by atoms with Gasteiger partial charge in [-0.3, -0.25) is 9.52 Å². The lowest BCUT2D eigenvalue weighted by Gasteiger charge is -2.09. The molecule has 0 radical (unpaired) electrons. The fourth-order valence-electron chi connectivity index (χ4n) is 1.29. The van der Waals surface area contributed by atoms with Crippen molar-refractivity contribution in [3.63, 3.8) is 0 Å². The molecule has 0 atom stereocenters. The molecule has 0 aliphatic heterocycles. The average Bonchev–Trinajstić information content (AvgIpc) is 2.21. The second-order valence-electron chi connectivity index (χ2n) is 3.69. The molecule has 0 amide bonds. The fraction of sp³-hybridized carbons (Fsp3) is 0.364. The predicted molar refractivity (Wildman–Crippen MR) is 66.9 cm³/mol. The number of hydrogen-bond acceptors (Lipinski definition) is 5. The van der Waals surface area contributed by atoms with Crippen molar-refractivity contribution in [2.45, 2.75) is 13.8 Å². The van der Waals surface area contributed by atoms with Crippen molar-refractivity contribution in [1.82, 2.24) is 0 Å². The molecule has 0 unspecified atom stereocenters. The lowest BCUT2D eigenvalue weighted by Crippen LogP contribution is -2.24. The molecule has 100 valence electrons.